The minimum absolute atomic E-state index is 0.121. The van der Waals surface area contributed by atoms with Crippen LogP contribution in [0.4, 0.5) is 5.69 Å². The molecule has 1 fully saturated rings. The number of nitrogens with zero attached hydrogens (tertiary/aromatic N) is 3. The number of rotatable bonds is 5. The number of hydrogen-bond donors (Lipinski definition) is 0. The van der Waals surface area contributed by atoms with Gasteiger partial charge in [-0.25, -0.2) is 0 Å². The molecule has 2 aliphatic rings. The second kappa shape index (κ2) is 8.50. The molecule has 0 saturated carbocycles. The fourth-order valence-electron chi connectivity index (χ4n) is 3.68. The molecule has 1 aromatic carbocycles. The van der Waals surface area contributed by atoms with Crippen LogP contribution in [-0.2, 0) is 16.1 Å². The topological polar surface area (TPSA) is 54.9 Å². The summed E-state index contributed by atoms with van der Waals surface area (Å²) in [5.74, 6) is 0.906. The molecular weight excluding hydrogens is 342 g/mol. The number of piperidine rings is 1. The van der Waals surface area contributed by atoms with E-state index in [1.807, 2.05) is 47.4 Å². The van der Waals surface area contributed by atoms with Crippen LogP contribution in [0.5, 0.6) is 5.75 Å². The average molecular weight is 367 g/mol. The molecule has 1 saturated heterocycles. The predicted octanol–water partition coefficient (Wildman–Crippen LogP) is 2.49. The molecule has 0 N–H and O–H groups in total. The molecule has 6 nitrogen and oxygen atoms in total. The van der Waals surface area contributed by atoms with Crippen LogP contribution in [0, 0.1) is 0 Å². The van der Waals surface area contributed by atoms with Gasteiger partial charge in [-0.1, -0.05) is 18.2 Å². The number of fused-ring (bicyclic) bond motifs is 1. The van der Waals surface area contributed by atoms with E-state index in [2.05, 4.69) is 9.88 Å². The zero-order chi connectivity index (χ0) is 18.5. The van der Waals surface area contributed by atoms with E-state index < -0.39 is 0 Å². The Bertz CT molecular complexity index is 768. The molecule has 2 aromatic rings. The Balaban J connectivity index is 1.32. The SMILES string of the molecule is O=C(CN1CCCC(OCc2ccccn2)C1)N1CCOc2ccccc21. The fraction of sp³-hybridized carbons (Fsp3) is 0.429. The number of hydrogen-bond acceptors (Lipinski definition) is 5. The summed E-state index contributed by atoms with van der Waals surface area (Å²) < 4.78 is 11.7. The van der Waals surface area contributed by atoms with Crippen molar-refractivity contribution >= 4 is 11.6 Å². The van der Waals surface area contributed by atoms with E-state index in [0.29, 0.717) is 26.3 Å². The number of amides is 1. The largest absolute Gasteiger partial charge is 0.490 e. The van der Waals surface area contributed by atoms with Crippen LogP contribution < -0.4 is 9.64 Å². The van der Waals surface area contributed by atoms with Gasteiger partial charge in [0, 0.05) is 12.7 Å². The Morgan fingerprint density at radius 3 is 2.96 bits per heavy atom. The normalized spacial score (nSPS) is 20.0. The molecule has 1 amide bonds. The number of para-hydroxylation sites is 2. The Morgan fingerprint density at radius 1 is 1.19 bits per heavy atom. The molecule has 0 bridgehead atoms. The summed E-state index contributed by atoms with van der Waals surface area (Å²) >= 11 is 0. The summed E-state index contributed by atoms with van der Waals surface area (Å²) in [5, 5.41) is 0. The molecule has 0 spiro atoms. The number of carbonyl (C=O) groups is 1. The van der Waals surface area contributed by atoms with Crippen molar-refractivity contribution < 1.29 is 14.3 Å². The summed E-state index contributed by atoms with van der Waals surface area (Å²) in [7, 11) is 0. The lowest BCUT2D eigenvalue weighted by Gasteiger charge is -2.35. The zero-order valence-electron chi connectivity index (χ0n) is 15.4. The molecule has 0 radical (unpaired) electrons. The number of pyridine rings is 1. The lowest BCUT2D eigenvalue weighted by Crippen LogP contribution is -2.48. The Kier molecular flexibility index (Phi) is 5.65. The van der Waals surface area contributed by atoms with Crippen LogP contribution in [0.3, 0.4) is 0 Å². The molecule has 27 heavy (non-hydrogen) atoms. The molecular formula is C21H25N3O3. The van der Waals surface area contributed by atoms with Crippen LogP contribution in [0.2, 0.25) is 0 Å². The Morgan fingerprint density at radius 2 is 2.07 bits per heavy atom. The quantitative estimate of drug-likeness (QED) is 0.813. The van der Waals surface area contributed by atoms with Gasteiger partial charge in [-0.3, -0.25) is 14.7 Å². The highest BCUT2D eigenvalue weighted by atomic mass is 16.5. The second-order valence-electron chi connectivity index (χ2n) is 6.99. The van der Waals surface area contributed by atoms with E-state index in [1.165, 1.54) is 0 Å². The van der Waals surface area contributed by atoms with E-state index >= 15 is 0 Å². The van der Waals surface area contributed by atoms with Gasteiger partial charge in [0.05, 0.1) is 37.2 Å². The second-order valence-corrected chi connectivity index (χ2v) is 6.99. The van der Waals surface area contributed by atoms with E-state index in [9.17, 15) is 4.79 Å². The van der Waals surface area contributed by atoms with Crippen molar-refractivity contribution in [3.63, 3.8) is 0 Å². The minimum Gasteiger partial charge on any atom is -0.490 e. The van der Waals surface area contributed by atoms with E-state index in [-0.39, 0.29) is 12.0 Å². The molecule has 2 aliphatic heterocycles. The first-order valence-electron chi connectivity index (χ1n) is 9.55. The monoisotopic (exact) mass is 367 g/mol. The highest BCUT2D eigenvalue weighted by Gasteiger charge is 2.27. The summed E-state index contributed by atoms with van der Waals surface area (Å²) in [5.41, 5.74) is 1.81. The van der Waals surface area contributed by atoms with Crippen LogP contribution >= 0.6 is 0 Å². The zero-order valence-corrected chi connectivity index (χ0v) is 15.4. The molecule has 0 aliphatic carbocycles. The van der Waals surface area contributed by atoms with Crippen LogP contribution in [0.1, 0.15) is 18.5 Å². The summed E-state index contributed by atoms with van der Waals surface area (Å²) in [6, 6.07) is 13.6. The van der Waals surface area contributed by atoms with Gasteiger partial charge in [0.25, 0.3) is 0 Å². The van der Waals surface area contributed by atoms with Crippen molar-refractivity contribution in [1.82, 2.24) is 9.88 Å². The Labute approximate surface area is 159 Å². The van der Waals surface area contributed by atoms with Crippen molar-refractivity contribution in [1.29, 1.82) is 0 Å². The summed E-state index contributed by atoms with van der Waals surface area (Å²) in [6.07, 6.45) is 3.99. The van der Waals surface area contributed by atoms with Crippen LogP contribution in [0.15, 0.2) is 48.7 Å². The van der Waals surface area contributed by atoms with Gasteiger partial charge in [-0.05, 0) is 43.7 Å². The molecule has 6 heteroatoms. The van der Waals surface area contributed by atoms with Gasteiger partial charge in [0.2, 0.25) is 5.91 Å². The maximum absolute atomic E-state index is 12.9. The van der Waals surface area contributed by atoms with Crippen LogP contribution in [-0.4, -0.2) is 54.7 Å². The standard InChI is InChI=1S/C21H25N3O3/c25-21(24-12-13-26-20-9-2-1-8-19(20)24)15-23-11-5-7-18(14-23)27-16-17-6-3-4-10-22-17/h1-4,6,8-10,18H,5,7,11-16H2. The van der Waals surface area contributed by atoms with Crippen molar-refractivity contribution in [3.05, 3.63) is 54.4 Å². The maximum Gasteiger partial charge on any atom is 0.241 e. The highest BCUT2D eigenvalue weighted by molar-refractivity contribution is 5.96. The number of carbonyl (C=O) groups excluding carboxylic acids is 1. The van der Waals surface area contributed by atoms with Gasteiger partial charge in [-0.2, -0.15) is 0 Å². The lowest BCUT2D eigenvalue weighted by molar-refractivity contribution is -0.121. The first-order chi connectivity index (χ1) is 13.3. The number of aromatic nitrogens is 1. The highest BCUT2D eigenvalue weighted by Crippen LogP contribution is 2.31. The van der Waals surface area contributed by atoms with Gasteiger partial charge in [0.1, 0.15) is 12.4 Å². The average Bonchev–Trinajstić information content (AvgIpc) is 2.73. The third kappa shape index (κ3) is 4.46. The first kappa shape index (κ1) is 17.9. The van der Waals surface area contributed by atoms with Crippen molar-refractivity contribution in [3.8, 4) is 5.75 Å². The predicted molar refractivity (Wildman–Crippen MR) is 103 cm³/mol. The van der Waals surface area contributed by atoms with Crippen molar-refractivity contribution in [2.75, 3.05) is 37.7 Å². The Hall–Kier alpha value is -2.44. The number of anilines is 1. The molecule has 1 aromatic heterocycles. The summed E-state index contributed by atoms with van der Waals surface area (Å²) in [6.45, 7) is 3.79. The molecule has 4 rings (SSSR count). The van der Waals surface area contributed by atoms with Crippen LogP contribution in [0.25, 0.3) is 0 Å². The van der Waals surface area contributed by atoms with Gasteiger partial charge < -0.3 is 14.4 Å². The lowest BCUT2D eigenvalue weighted by atomic mass is 10.1. The van der Waals surface area contributed by atoms with Crippen molar-refractivity contribution in [2.24, 2.45) is 0 Å². The minimum atomic E-state index is 0.121. The number of ether oxygens (including phenoxy) is 2. The molecule has 3 heterocycles. The van der Waals surface area contributed by atoms with Gasteiger partial charge in [0.15, 0.2) is 0 Å². The van der Waals surface area contributed by atoms with Gasteiger partial charge >= 0.3 is 0 Å². The number of benzene rings is 1. The third-order valence-electron chi connectivity index (χ3n) is 5.04. The van der Waals surface area contributed by atoms with E-state index in [0.717, 1.165) is 43.1 Å². The molecule has 1 atom stereocenters. The molecule has 1 unspecified atom stereocenters. The fourth-order valence-corrected chi connectivity index (χ4v) is 3.68. The van der Waals surface area contributed by atoms with Crippen molar-refractivity contribution in [2.45, 2.75) is 25.6 Å². The first-order valence-corrected chi connectivity index (χ1v) is 9.55. The maximum atomic E-state index is 12.9. The van der Waals surface area contributed by atoms with E-state index in [1.54, 1.807) is 6.20 Å². The molecule has 142 valence electrons. The van der Waals surface area contributed by atoms with E-state index in [4.69, 9.17) is 9.47 Å². The smallest absolute Gasteiger partial charge is 0.241 e. The number of likely N-dealkylation sites (tertiary alicyclic amines) is 1. The van der Waals surface area contributed by atoms with Gasteiger partial charge in [-0.15, -0.1) is 0 Å². The third-order valence-corrected chi connectivity index (χ3v) is 5.04. The summed E-state index contributed by atoms with van der Waals surface area (Å²) in [4.78, 5) is 21.2.